The summed E-state index contributed by atoms with van der Waals surface area (Å²) < 4.78 is 12.4. The Balaban J connectivity index is 1.56. The third kappa shape index (κ3) is 7.86. The monoisotopic (exact) mass is 464 g/mol. The summed E-state index contributed by atoms with van der Waals surface area (Å²) in [6.07, 6.45) is 2.61. The molecule has 0 aliphatic rings. The van der Waals surface area contributed by atoms with Gasteiger partial charge in [0.2, 0.25) is 0 Å². The van der Waals surface area contributed by atoms with Crippen molar-refractivity contribution >= 4 is 17.7 Å². The summed E-state index contributed by atoms with van der Waals surface area (Å²) in [5.74, 6) is 2.46. The van der Waals surface area contributed by atoms with Crippen LogP contribution in [0.4, 0.5) is 0 Å². The second-order valence-electron chi connectivity index (χ2n) is 8.10. The normalized spacial score (nSPS) is 11.7. The van der Waals surface area contributed by atoms with Crippen molar-refractivity contribution in [2.24, 2.45) is 0 Å². The summed E-state index contributed by atoms with van der Waals surface area (Å²) in [7, 11) is 0. The molecule has 0 spiro atoms. The maximum absolute atomic E-state index is 10.8. The molecule has 0 heterocycles. The molecule has 3 rings (SSSR count). The maximum Gasteiger partial charge on any atom is 0.303 e. The van der Waals surface area contributed by atoms with Gasteiger partial charge in [-0.1, -0.05) is 37.3 Å². The number of rotatable bonds is 12. The fourth-order valence-electron chi connectivity index (χ4n) is 3.46. The first-order valence-corrected chi connectivity index (χ1v) is 12.4. The van der Waals surface area contributed by atoms with Gasteiger partial charge in [0, 0.05) is 17.1 Å². The first-order chi connectivity index (χ1) is 15.9. The van der Waals surface area contributed by atoms with Gasteiger partial charge in [0.1, 0.15) is 5.75 Å². The molecule has 0 amide bonds. The highest BCUT2D eigenvalue weighted by Gasteiger charge is 2.12. The molecule has 0 fully saturated rings. The predicted molar refractivity (Wildman–Crippen MR) is 135 cm³/mol. The number of hydrogen-bond acceptors (Lipinski definition) is 4. The number of carbonyl (C=O) groups is 1. The molecule has 4 nitrogen and oxygen atoms in total. The van der Waals surface area contributed by atoms with Crippen LogP contribution in [0, 0.1) is 6.92 Å². The van der Waals surface area contributed by atoms with E-state index in [1.165, 1.54) is 10.5 Å². The smallest absolute Gasteiger partial charge is 0.303 e. The molecule has 0 aromatic heterocycles. The van der Waals surface area contributed by atoms with Crippen molar-refractivity contribution in [1.29, 1.82) is 0 Å². The number of benzene rings is 3. The highest BCUT2D eigenvalue weighted by molar-refractivity contribution is 7.99. The van der Waals surface area contributed by atoms with Gasteiger partial charge < -0.3 is 14.6 Å². The van der Waals surface area contributed by atoms with E-state index in [0.717, 1.165) is 47.0 Å². The first-order valence-electron chi connectivity index (χ1n) is 11.4. The van der Waals surface area contributed by atoms with E-state index in [2.05, 4.69) is 38.1 Å². The summed E-state index contributed by atoms with van der Waals surface area (Å²) >= 11 is 1.79. The average molecular weight is 465 g/mol. The lowest BCUT2D eigenvalue weighted by Crippen LogP contribution is -2.13. The number of aliphatic carboxylic acids is 1. The van der Waals surface area contributed by atoms with Crippen LogP contribution in [0.1, 0.15) is 43.4 Å². The zero-order valence-corrected chi connectivity index (χ0v) is 20.4. The van der Waals surface area contributed by atoms with Crippen LogP contribution in [0.2, 0.25) is 0 Å². The van der Waals surface area contributed by atoms with Crippen LogP contribution in [0.25, 0.3) is 0 Å². The summed E-state index contributed by atoms with van der Waals surface area (Å²) in [6.45, 7) is 6.25. The van der Waals surface area contributed by atoms with Gasteiger partial charge in [0.25, 0.3) is 0 Å². The summed E-state index contributed by atoms with van der Waals surface area (Å²) in [5, 5.41) is 8.89. The Morgan fingerprint density at radius 3 is 2.52 bits per heavy atom. The molecule has 1 atom stereocenters. The third-order valence-electron chi connectivity index (χ3n) is 5.43. The van der Waals surface area contributed by atoms with E-state index in [1.807, 2.05) is 49.4 Å². The number of carboxylic acid groups (broad SMARTS) is 1. The summed E-state index contributed by atoms with van der Waals surface area (Å²) in [4.78, 5) is 12.0. The Hall–Kier alpha value is -2.92. The van der Waals surface area contributed by atoms with E-state index in [0.29, 0.717) is 6.42 Å². The number of carboxylic acids is 1. The van der Waals surface area contributed by atoms with Crippen LogP contribution in [0.5, 0.6) is 17.2 Å². The number of aryl methyl sites for hydroxylation is 3. The molecular formula is C28H32O4S. The topological polar surface area (TPSA) is 55.8 Å². The zero-order chi connectivity index (χ0) is 23.6. The number of para-hydroxylation sites is 1. The number of thioether (sulfide) groups is 1. The van der Waals surface area contributed by atoms with Crippen molar-refractivity contribution in [3.8, 4) is 17.2 Å². The van der Waals surface area contributed by atoms with E-state index >= 15 is 0 Å². The maximum atomic E-state index is 10.8. The van der Waals surface area contributed by atoms with Crippen molar-refractivity contribution in [1.82, 2.24) is 0 Å². The molecule has 0 unspecified atom stereocenters. The highest BCUT2D eigenvalue weighted by Crippen LogP contribution is 2.34. The van der Waals surface area contributed by atoms with E-state index in [4.69, 9.17) is 14.6 Å². The summed E-state index contributed by atoms with van der Waals surface area (Å²) in [6, 6.07) is 22.2. The van der Waals surface area contributed by atoms with Gasteiger partial charge in [-0.15, -0.1) is 11.8 Å². The third-order valence-corrected chi connectivity index (χ3v) is 6.46. The van der Waals surface area contributed by atoms with Crippen molar-refractivity contribution in [3.63, 3.8) is 0 Å². The minimum absolute atomic E-state index is 0.0408. The van der Waals surface area contributed by atoms with Gasteiger partial charge in [-0.05, 0) is 86.2 Å². The Labute approximate surface area is 201 Å². The molecule has 3 aromatic carbocycles. The Bertz CT molecular complexity index is 1050. The van der Waals surface area contributed by atoms with Crippen molar-refractivity contribution in [2.45, 2.75) is 57.5 Å². The van der Waals surface area contributed by atoms with Crippen LogP contribution in [-0.2, 0) is 17.6 Å². The lowest BCUT2D eigenvalue weighted by Gasteiger charge is -2.18. The van der Waals surface area contributed by atoms with Gasteiger partial charge in [-0.25, -0.2) is 0 Å². The fourth-order valence-corrected chi connectivity index (χ4v) is 4.57. The Morgan fingerprint density at radius 2 is 1.82 bits per heavy atom. The van der Waals surface area contributed by atoms with Gasteiger partial charge in [0.15, 0.2) is 11.5 Å². The molecule has 33 heavy (non-hydrogen) atoms. The largest absolute Gasteiger partial charge is 0.487 e. The molecule has 0 saturated heterocycles. The highest BCUT2D eigenvalue weighted by atomic mass is 32.2. The SMILES string of the molecule is CCc1ccc(O[C@H](C)CCSc2ccc(CCC(=O)O)c(C)c2)c(Oc2ccccc2)c1. The summed E-state index contributed by atoms with van der Waals surface area (Å²) in [5.41, 5.74) is 3.45. The molecule has 1 N–H and O–H groups in total. The second-order valence-corrected chi connectivity index (χ2v) is 9.27. The molecule has 0 bridgehead atoms. The van der Waals surface area contributed by atoms with Crippen LogP contribution < -0.4 is 9.47 Å². The molecule has 0 radical (unpaired) electrons. The van der Waals surface area contributed by atoms with Gasteiger partial charge >= 0.3 is 5.97 Å². The quantitative estimate of drug-likeness (QED) is 0.285. The van der Waals surface area contributed by atoms with E-state index in [9.17, 15) is 4.79 Å². The molecule has 3 aromatic rings. The first kappa shape index (κ1) is 24.7. The molecule has 0 aliphatic carbocycles. The van der Waals surface area contributed by atoms with Crippen molar-refractivity contribution in [2.75, 3.05) is 5.75 Å². The van der Waals surface area contributed by atoms with Crippen molar-refractivity contribution < 1.29 is 19.4 Å². The minimum atomic E-state index is -0.761. The lowest BCUT2D eigenvalue weighted by atomic mass is 10.0. The molecule has 5 heteroatoms. The predicted octanol–water partition coefficient (Wildman–Crippen LogP) is 7.32. The van der Waals surface area contributed by atoms with Crippen LogP contribution >= 0.6 is 11.8 Å². The standard InChI is InChI=1S/C28H32O4S/c1-4-22-10-14-26(27(19-22)32-24-8-6-5-7-9-24)31-21(3)16-17-33-25-13-11-23(20(2)18-25)12-15-28(29)30/h5-11,13-14,18-19,21H,4,12,15-17H2,1-3H3,(H,29,30)/t21-/m1/s1. The van der Waals surface area contributed by atoms with Gasteiger partial charge in [-0.3, -0.25) is 4.79 Å². The lowest BCUT2D eigenvalue weighted by molar-refractivity contribution is -0.136. The van der Waals surface area contributed by atoms with Gasteiger partial charge in [0.05, 0.1) is 6.10 Å². The average Bonchev–Trinajstić information content (AvgIpc) is 2.80. The van der Waals surface area contributed by atoms with E-state index < -0.39 is 5.97 Å². The Morgan fingerprint density at radius 1 is 1.03 bits per heavy atom. The van der Waals surface area contributed by atoms with E-state index in [1.54, 1.807) is 11.8 Å². The molecular weight excluding hydrogens is 432 g/mol. The van der Waals surface area contributed by atoms with Crippen LogP contribution in [0.3, 0.4) is 0 Å². The van der Waals surface area contributed by atoms with Crippen LogP contribution in [-0.4, -0.2) is 22.9 Å². The van der Waals surface area contributed by atoms with Crippen LogP contribution in [0.15, 0.2) is 71.6 Å². The zero-order valence-electron chi connectivity index (χ0n) is 19.5. The molecule has 174 valence electrons. The Kier molecular flexibility index (Phi) is 9.25. The van der Waals surface area contributed by atoms with E-state index in [-0.39, 0.29) is 12.5 Å². The molecule has 0 saturated carbocycles. The second kappa shape index (κ2) is 12.4. The fraction of sp³-hybridized carbons (Fsp3) is 0.321. The molecule has 0 aliphatic heterocycles. The minimum Gasteiger partial charge on any atom is -0.487 e. The van der Waals surface area contributed by atoms with Gasteiger partial charge in [-0.2, -0.15) is 0 Å². The number of ether oxygens (including phenoxy) is 2. The van der Waals surface area contributed by atoms with Crippen molar-refractivity contribution in [3.05, 3.63) is 83.4 Å². The number of hydrogen-bond donors (Lipinski definition) is 1.